The minimum Gasteiger partial charge on any atom is -0.337 e. The number of hydrogen-bond donors (Lipinski definition) is 1. The molecule has 1 saturated carbocycles. The molecule has 1 aliphatic rings. The first-order chi connectivity index (χ1) is 4.30. The number of nitrogens with one attached hydrogen (secondary N) is 1. The van der Waals surface area contributed by atoms with E-state index in [0.717, 1.165) is 6.04 Å². The van der Waals surface area contributed by atoms with Gasteiger partial charge in [0.15, 0.2) is 0 Å². The Balaban J connectivity index is 0.000000810. The Hall–Kier alpha value is 0.250. The van der Waals surface area contributed by atoms with Crippen molar-refractivity contribution in [2.45, 2.75) is 38.1 Å². The van der Waals surface area contributed by atoms with E-state index in [9.17, 15) is 0 Å². The van der Waals surface area contributed by atoms with Crippen LogP contribution in [0, 0.1) is 0 Å². The first kappa shape index (κ1) is 10.2. The summed E-state index contributed by atoms with van der Waals surface area (Å²) in [6.07, 6.45) is 7.33. The Morgan fingerprint density at radius 2 is 1.50 bits per heavy atom. The van der Waals surface area contributed by atoms with Gasteiger partial charge in [-0.05, 0) is 25.7 Å². The van der Waals surface area contributed by atoms with Gasteiger partial charge in [0.2, 0.25) is 0 Å². The minimum atomic E-state index is 0. The highest BCUT2D eigenvalue weighted by molar-refractivity contribution is 5.85. The molecule has 0 aromatic rings. The molecule has 0 saturated heterocycles. The third-order valence-electron chi connectivity index (χ3n) is 2.42. The topological polar surface area (TPSA) is 4.44 Å². The molecule has 1 aliphatic carbocycles. The molecule has 1 fully saturated rings. The van der Waals surface area contributed by atoms with Gasteiger partial charge in [0, 0.05) is 0 Å². The molecular formula is C8H19ClN+. The van der Waals surface area contributed by atoms with Gasteiger partial charge in [0.1, 0.15) is 0 Å². The number of rotatable bonds is 1. The van der Waals surface area contributed by atoms with Crippen LogP contribution < -0.4 is 4.90 Å². The third-order valence-corrected chi connectivity index (χ3v) is 2.42. The maximum absolute atomic E-state index is 2.27. The van der Waals surface area contributed by atoms with Crippen molar-refractivity contribution in [2.75, 3.05) is 14.1 Å². The molecule has 0 radical (unpaired) electrons. The van der Waals surface area contributed by atoms with Crippen LogP contribution in [0.1, 0.15) is 32.1 Å². The first-order valence-electron chi connectivity index (χ1n) is 4.11. The lowest BCUT2D eigenvalue weighted by atomic mass is 9.95. The van der Waals surface area contributed by atoms with Crippen molar-refractivity contribution in [3.8, 4) is 0 Å². The summed E-state index contributed by atoms with van der Waals surface area (Å²) in [5.41, 5.74) is 0. The second kappa shape index (κ2) is 4.97. The van der Waals surface area contributed by atoms with Gasteiger partial charge in [-0.15, -0.1) is 12.4 Å². The molecule has 62 valence electrons. The maximum Gasteiger partial charge on any atom is 0.0870 e. The molecule has 1 rings (SSSR count). The summed E-state index contributed by atoms with van der Waals surface area (Å²) in [6, 6.07) is 0.971. The van der Waals surface area contributed by atoms with Crippen LogP contribution in [0.15, 0.2) is 0 Å². The van der Waals surface area contributed by atoms with Gasteiger partial charge in [-0.1, -0.05) is 6.42 Å². The van der Waals surface area contributed by atoms with E-state index in [-0.39, 0.29) is 12.4 Å². The lowest BCUT2D eigenvalue weighted by Gasteiger charge is -2.24. The van der Waals surface area contributed by atoms with Gasteiger partial charge in [0.25, 0.3) is 0 Å². The molecule has 1 nitrogen and oxygen atoms in total. The van der Waals surface area contributed by atoms with Gasteiger partial charge in [-0.3, -0.25) is 0 Å². The molecule has 0 aromatic heterocycles. The molecule has 0 spiro atoms. The zero-order valence-electron chi connectivity index (χ0n) is 7.02. The SMILES string of the molecule is C[NH+](C)C1CCCCC1.Cl. The standard InChI is InChI=1S/C8H17N.ClH/c1-9(2)8-6-4-3-5-7-8;/h8H,3-7H2,1-2H3;1H/p+1. The fraction of sp³-hybridized carbons (Fsp3) is 1.00. The van der Waals surface area contributed by atoms with Crippen molar-refractivity contribution in [3.05, 3.63) is 0 Å². The smallest absolute Gasteiger partial charge is 0.0870 e. The predicted octanol–water partition coefficient (Wildman–Crippen LogP) is 0.885. The quantitative estimate of drug-likeness (QED) is 0.587. The Morgan fingerprint density at radius 3 is 1.80 bits per heavy atom. The monoisotopic (exact) mass is 164 g/mol. The third kappa shape index (κ3) is 2.89. The van der Waals surface area contributed by atoms with E-state index in [2.05, 4.69) is 14.1 Å². The van der Waals surface area contributed by atoms with E-state index in [1.54, 1.807) is 4.90 Å². The second-order valence-corrected chi connectivity index (χ2v) is 3.41. The molecule has 0 unspecified atom stereocenters. The van der Waals surface area contributed by atoms with Gasteiger partial charge in [0.05, 0.1) is 20.1 Å². The van der Waals surface area contributed by atoms with Crippen LogP contribution in [0.3, 0.4) is 0 Å². The summed E-state index contributed by atoms with van der Waals surface area (Å²) in [4.78, 5) is 1.65. The van der Waals surface area contributed by atoms with E-state index in [1.165, 1.54) is 32.1 Å². The summed E-state index contributed by atoms with van der Waals surface area (Å²) < 4.78 is 0. The molecule has 0 aromatic carbocycles. The summed E-state index contributed by atoms with van der Waals surface area (Å²) in [5, 5.41) is 0. The van der Waals surface area contributed by atoms with E-state index < -0.39 is 0 Å². The second-order valence-electron chi connectivity index (χ2n) is 3.41. The fourth-order valence-electron chi connectivity index (χ4n) is 1.68. The van der Waals surface area contributed by atoms with Crippen LogP contribution in [0.4, 0.5) is 0 Å². The minimum absolute atomic E-state index is 0. The number of quaternary nitrogens is 1. The normalized spacial score (nSPS) is 20.7. The molecular weight excluding hydrogens is 146 g/mol. The highest BCUT2D eigenvalue weighted by atomic mass is 35.5. The Labute approximate surface area is 70.2 Å². The predicted molar refractivity (Wildman–Crippen MR) is 46.9 cm³/mol. The Morgan fingerprint density at radius 1 is 1.00 bits per heavy atom. The van der Waals surface area contributed by atoms with Crippen molar-refractivity contribution >= 4 is 12.4 Å². The Bertz CT molecular complexity index is 77.3. The van der Waals surface area contributed by atoms with E-state index in [4.69, 9.17) is 0 Å². The highest BCUT2D eigenvalue weighted by Crippen LogP contribution is 2.14. The molecule has 0 aliphatic heterocycles. The maximum atomic E-state index is 2.27. The summed E-state index contributed by atoms with van der Waals surface area (Å²) in [6.45, 7) is 0. The number of halogens is 1. The van der Waals surface area contributed by atoms with E-state index >= 15 is 0 Å². The lowest BCUT2D eigenvalue weighted by Crippen LogP contribution is -3.10. The molecule has 10 heavy (non-hydrogen) atoms. The molecule has 0 atom stereocenters. The highest BCUT2D eigenvalue weighted by Gasteiger charge is 2.17. The molecule has 2 heteroatoms. The van der Waals surface area contributed by atoms with Crippen LogP contribution >= 0.6 is 12.4 Å². The molecule has 0 bridgehead atoms. The fourth-order valence-corrected chi connectivity index (χ4v) is 1.68. The van der Waals surface area contributed by atoms with Crippen LogP contribution in [0.5, 0.6) is 0 Å². The average molecular weight is 165 g/mol. The van der Waals surface area contributed by atoms with Crippen molar-refractivity contribution < 1.29 is 4.90 Å². The van der Waals surface area contributed by atoms with Gasteiger partial charge < -0.3 is 4.90 Å². The van der Waals surface area contributed by atoms with Gasteiger partial charge >= 0.3 is 0 Å². The number of hydrogen-bond acceptors (Lipinski definition) is 0. The van der Waals surface area contributed by atoms with Crippen LogP contribution in [0.2, 0.25) is 0 Å². The molecule has 0 amide bonds. The molecule has 1 N–H and O–H groups in total. The van der Waals surface area contributed by atoms with E-state index in [0.29, 0.717) is 0 Å². The van der Waals surface area contributed by atoms with Crippen molar-refractivity contribution in [2.24, 2.45) is 0 Å². The van der Waals surface area contributed by atoms with Gasteiger partial charge in [-0.25, -0.2) is 0 Å². The Kier molecular flexibility index (Phi) is 5.10. The van der Waals surface area contributed by atoms with Crippen LogP contribution in [-0.4, -0.2) is 20.1 Å². The summed E-state index contributed by atoms with van der Waals surface area (Å²) in [7, 11) is 4.55. The first-order valence-corrected chi connectivity index (χ1v) is 4.11. The van der Waals surface area contributed by atoms with E-state index in [1.807, 2.05) is 0 Å². The lowest BCUT2D eigenvalue weighted by molar-refractivity contribution is -0.887. The van der Waals surface area contributed by atoms with Crippen LogP contribution in [-0.2, 0) is 0 Å². The summed E-state index contributed by atoms with van der Waals surface area (Å²) in [5.74, 6) is 0. The van der Waals surface area contributed by atoms with Gasteiger partial charge in [-0.2, -0.15) is 0 Å². The van der Waals surface area contributed by atoms with Crippen molar-refractivity contribution in [3.63, 3.8) is 0 Å². The van der Waals surface area contributed by atoms with Crippen LogP contribution in [0.25, 0.3) is 0 Å². The zero-order chi connectivity index (χ0) is 6.69. The zero-order valence-corrected chi connectivity index (χ0v) is 7.84. The average Bonchev–Trinajstić information content (AvgIpc) is 1.90. The largest absolute Gasteiger partial charge is 0.337 e. The molecule has 0 heterocycles. The summed E-state index contributed by atoms with van der Waals surface area (Å²) >= 11 is 0. The van der Waals surface area contributed by atoms with Crippen molar-refractivity contribution in [1.29, 1.82) is 0 Å². The van der Waals surface area contributed by atoms with Crippen molar-refractivity contribution in [1.82, 2.24) is 0 Å².